The van der Waals surface area contributed by atoms with Gasteiger partial charge in [-0.1, -0.05) is 43.6 Å². The molecule has 0 aliphatic carbocycles. The van der Waals surface area contributed by atoms with Crippen molar-refractivity contribution in [3.63, 3.8) is 0 Å². The number of nitrogens with one attached hydrogen (secondary N) is 2. The molecule has 0 bridgehead atoms. The van der Waals surface area contributed by atoms with Gasteiger partial charge in [0, 0.05) is 11.6 Å². The lowest BCUT2D eigenvalue weighted by Gasteiger charge is -2.21. The Morgan fingerprint density at radius 3 is 2.55 bits per heavy atom. The van der Waals surface area contributed by atoms with Crippen molar-refractivity contribution in [3.8, 4) is 0 Å². The molecule has 0 saturated carbocycles. The van der Waals surface area contributed by atoms with E-state index in [4.69, 9.17) is 11.6 Å². The quantitative estimate of drug-likeness (QED) is 0.547. The standard InChI is InChI=1S/C19H21ClN4O3S2/c1-12(2)17(19(25)21-11-10-13-6-8-14(20)9-7-13)24-29(26,27)16-5-3-4-15-18(16)23-28-22-15/h3-9,12,17,24H,10-11H2,1-2H3,(H,21,25)/t17-/m0/s1. The lowest BCUT2D eigenvalue weighted by Crippen LogP contribution is -2.50. The molecule has 0 spiro atoms. The molecule has 7 nitrogen and oxygen atoms in total. The van der Waals surface area contributed by atoms with Crippen molar-refractivity contribution >= 4 is 50.3 Å². The number of hydrogen-bond acceptors (Lipinski definition) is 6. The molecule has 0 unspecified atom stereocenters. The van der Waals surface area contributed by atoms with E-state index >= 15 is 0 Å². The van der Waals surface area contributed by atoms with E-state index in [1.165, 1.54) is 6.07 Å². The summed E-state index contributed by atoms with van der Waals surface area (Å²) >= 11 is 6.82. The van der Waals surface area contributed by atoms with E-state index in [9.17, 15) is 13.2 Å². The van der Waals surface area contributed by atoms with Crippen molar-refractivity contribution in [1.82, 2.24) is 18.8 Å². The van der Waals surface area contributed by atoms with E-state index in [0.717, 1.165) is 17.3 Å². The highest BCUT2D eigenvalue weighted by molar-refractivity contribution is 7.89. The molecule has 1 aromatic heterocycles. The van der Waals surface area contributed by atoms with E-state index in [2.05, 4.69) is 18.8 Å². The fourth-order valence-corrected chi connectivity index (χ4v) is 5.05. The third-order valence-electron chi connectivity index (χ3n) is 4.40. The largest absolute Gasteiger partial charge is 0.354 e. The van der Waals surface area contributed by atoms with E-state index in [0.29, 0.717) is 29.0 Å². The van der Waals surface area contributed by atoms with Gasteiger partial charge in [-0.25, -0.2) is 8.42 Å². The molecule has 0 radical (unpaired) electrons. The number of rotatable bonds is 8. The second kappa shape index (κ2) is 9.17. The predicted octanol–water partition coefficient (Wildman–Crippen LogP) is 3.01. The van der Waals surface area contributed by atoms with Gasteiger partial charge in [0.05, 0.1) is 11.7 Å². The van der Waals surface area contributed by atoms with Gasteiger partial charge in [0.2, 0.25) is 15.9 Å². The maximum atomic E-state index is 12.9. The minimum Gasteiger partial charge on any atom is -0.354 e. The molecule has 3 rings (SSSR count). The van der Waals surface area contributed by atoms with Crippen molar-refractivity contribution in [3.05, 3.63) is 53.1 Å². The summed E-state index contributed by atoms with van der Waals surface area (Å²) in [5.41, 5.74) is 1.83. The molecule has 0 aliphatic rings. The summed E-state index contributed by atoms with van der Waals surface area (Å²) in [5.74, 6) is -0.616. The monoisotopic (exact) mass is 452 g/mol. The minimum absolute atomic E-state index is 0.0170. The maximum absolute atomic E-state index is 12.9. The van der Waals surface area contributed by atoms with Crippen molar-refractivity contribution in [2.24, 2.45) is 5.92 Å². The summed E-state index contributed by atoms with van der Waals surface area (Å²) in [6, 6.07) is 11.2. The molecule has 0 aliphatic heterocycles. The second-order valence-electron chi connectivity index (χ2n) is 6.90. The number of nitrogens with zero attached hydrogens (tertiary/aromatic N) is 2. The average molecular weight is 453 g/mol. The molecular formula is C19H21ClN4O3S2. The number of hydrogen-bond donors (Lipinski definition) is 2. The summed E-state index contributed by atoms with van der Waals surface area (Å²) in [4.78, 5) is 12.7. The van der Waals surface area contributed by atoms with Crippen LogP contribution in [0.2, 0.25) is 5.02 Å². The lowest BCUT2D eigenvalue weighted by molar-refractivity contribution is -0.123. The first-order valence-corrected chi connectivity index (χ1v) is 11.6. The third-order valence-corrected chi connectivity index (χ3v) is 6.66. The molecule has 154 valence electrons. The zero-order chi connectivity index (χ0) is 21.0. The van der Waals surface area contributed by atoms with Gasteiger partial charge in [0.1, 0.15) is 22.0 Å². The Bertz CT molecular complexity index is 1100. The molecule has 1 heterocycles. The molecule has 1 atom stereocenters. The number of sulfonamides is 1. The topological polar surface area (TPSA) is 101 Å². The van der Waals surface area contributed by atoms with Gasteiger partial charge in [-0.3, -0.25) is 4.79 Å². The molecule has 0 fully saturated rings. The van der Waals surface area contributed by atoms with E-state index in [1.54, 1.807) is 38.1 Å². The highest BCUT2D eigenvalue weighted by Gasteiger charge is 2.29. The fraction of sp³-hybridized carbons (Fsp3) is 0.316. The smallest absolute Gasteiger partial charge is 0.243 e. The Morgan fingerprint density at radius 1 is 1.14 bits per heavy atom. The van der Waals surface area contributed by atoms with E-state index in [1.807, 2.05) is 12.1 Å². The van der Waals surface area contributed by atoms with Crippen LogP contribution in [-0.4, -0.2) is 35.7 Å². The molecule has 0 saturated heterocycles. The molecule has 2 N–H and O–H groups in total. The molecule has 1 amide bonds. The number of benzene rings is 2. The van der Waals surface area contributed by atoms with E-state index < -0.39 is 16.1 Å². The Balaban J connectivity index is 1.69. The van der Waals surface area contributed by atoms with Gasteiger partial charge in [0.15, 0.2) is 0 Å². The highest BCUT2D eigenvalue weighted by Crippen LogP contribution is 2.22. The van der Waals surface area contributed by atoms with Crippen molar-refractivity contribution in [2.45, 2.75) is 31.2 Å². The molecule has 10 heteroatoms. The number of amides is 1. The molecule has 29 heavy (non-hydrogen) atoms. The summed E-state index contributed by atoms with van der Waals surface area (Å²) in [6.07, 6.45) is 0.615. The van der Waals surface area contributed by atoms with Gasteiger partial charge < -0.3 is 5.32 Å². The predicted molar refractivity (Wildman–Crippen MR) is 115 cm³/mol. The first-order chi connectivity index (χ1) is 13.8. The molecular weight excluding hydrogens is 432 g/mol. The van der Waals surface area contributed by atoms with Crippen LogP contribution >= 0.6 is 23.3 Å². The van der Waals surface area contributed by atoms with Crippen LogP contribution in [0.25, 0.3) is 11.0 Å². The number of carbonyl (C=O) groups is 1. The molecule has 3 aromatic rings. The van der Waals surface area contributed by atoms with Gasteiger partial charge >= 0.3 is 0 Å². The Labute approximate surface area is 178 Å². The number of aromatic nitrogens is 2. The highest BCUT2D eigenvalue weighted by atomic mass is 35.5. The zero-order valence-corrected chi connectivity index (χ0v) is 18.3. The summed E-state index contributed by atoms with van der Waals surface area (Å²) in [5, 5.41) is 3.46. The average Bonchev–Trinajstić information content (AvgIpc) is 3.16. The minimum atomic E-state index is -3.95. The van der Waals surface area contributed by atoms with E-state index in [-0.39, 0.29) is 16.7 Å². The normalized spacial score (nSPS) is 13.0. The lowest BCUT2D eigenvalue weighted by atomic mass is 10.0. The Morgan fingerprint density at radius 2 is 1.86 bits per heavy atom. The second-order valence-corrected chi connectivity index (χ2v) is 9.55. The van der Waals surface area contributed by atoms with Crippen LogP contribution in [0.4, 0.5) is 0 Å². The number of halogens is 1. The van der Waals surface area contributed by atoms with Crippen LogP contribution in [0.3, 0.4) is 0 Å². The van der Waals surface area contributed by atoms with Crippen LogP contribution in [-0.2, 0) is 21.2 Å². The molecule has 2 aromatic carbocycles. The Kier molecular flexibility index (Phi) is 6.84. The summed E-state index contributed by atoms with van der Waals surface area (Å²) in [6.45, 7) is 3.96. The van der Waals surface area contributed by atoms with Gasteiger partial charge in [-0.15, -0.1) is 0 Å². The number of fused-ring (bicyclic) bond motifs is 1. The van der Waals surface area contributed by atoms with Crippen LogP contribution < -0.4 is 10.0 Å². The summed E-state index contributed by atoms with van der Waals surface area (Å²) in [7, 11) is -3.95. The summed E-state index contributed by atoms with van der Waals surface area (Å²) < 4.78 is 36.5. The van der Waals surface area contributed by atoms with Gasteiger partial charge in [-0.2, -0.15) is 13.5 Å². The first-order valence-electron chi connectivity index (χ1n) is 9.03. The SMILES string of the molecule is CC(C)[C@H](NS(=O)(=O)c1cccc2nsnc12)C(=O)NCCc1ccc(Cl)cc1. The van der Waals surface area contributed by atoms with Crippen molar-refractivity contribution < 1.29 is 13.2 Å². The van der Waals surface area contributed by atoms with Gasteiger partial charge in [0.25, 0.3) is 0 Å². The third kappa shape index (κ3) is 5.30. The fourth-order valence-electron chi connectivity index (χ4n) is 2.81. The maximum Gasteiger partial charge on any atom is 0.243 e. The zero-order valence-electron chi connectivity index (χ0n) is 15.9. The van der Waals surface area contributed by atoms with Crippen LogP contribution in [0.1, 0.15) is 19.4 Å². The van der Waals surface area contributed by atoms with Crippen LogP contribution in [0, 0.1) is 5.92 Å². The number of carbonyl (C=O) groups excluding carboxylic acids is 1. The van der Waals surface area contributed by atoms with Crippen molar-refractivity contribution in [2.75, 3.05) is 6.54 Å². The van der Waals surface area contributed by atoms with Crippen LogP contribution in [0.15, 0.2) is 47.4 Å². The first kappa shape index (κ1) is 21.6. The Hall–Kier alpha value is -2.07. The van der Waals surface area contributed by atoms with Crippen molar-refractivity contribution in [1.29, 1.82) is 0 Å². The van der Waals surface area contributed by atoms with Gasteiger partial charge in [-0.05, 0) is 42.2 Å². The van der Waals surface area contributed by atoms with Crippen LogP contribution in [0.5, 0.6) is 0 Å².